The van der Waals surface area contributed by atoms with E-state index in [2.05, 4.69) is 51.0 Å². The number of benzene rings is 1. The monoisotopic (exact) mass is 340 g/mol. The highest BCUT2D eigenvalue weighted by Crippen LogP contribution is 2.30. The van der Waals surface area contributed by atoms with Crippen LogP contribution in [0.3, 0.4) is 0 Å². The first-order valence-corrected chi connectivity index (χ1v) is 9.16. The summed E-state index contributed by atoms with van der Waals surface area (Å²) >= 11 is 1.45. The second-order valence-corrected chi connectivity index (χ2v) is 7.42. The van der Waals surface area contributed by atoms with Gasteiger partial charge in [0.2, 0.25) is 0 Å². The Morgan fingerprint density at radius 2 is 2.08 bits per heavy atom. The molecule has 1 aromatic carbocycles. The van der Waals surface area contributed by atoms with Gasteiger partial charge < -0.3 is 9.88 Å². The number of H-pyrrole nitrogens is 1. The molecular formula is C18H20N4OS. The van der Waals surface area contributed by atoms with E-state index in [1.54, 1.807) is 0 Å². The van der Waals surface area contributed by atoms with Gasteiger partial charge in [-0.3, -0.25) is 4.79 Å². The predicted octanol–water partition coefficient (Wildman–Crippen LogP) is 3.15. The van der Waals surface area contributed by atoms with Crippen molar-refractivity contribution >= 4 is 26.8 Å². The lowest BCUT2D eigenvalue weighted by Gasteiger charge is -2.32. The van der Waals surface area contributed by atoms with E-state index in [0.29, 0.717) is 10.3 Å². The molecule has 0 spiro atoms. The number of rotatable bonds is 3. The number of hydrogen-bond acceptors (Lipinski definition) is 5. The summed E-state index contributed by atoms with van der Waals surface area (Å²) in [4.78, 5) is 25.4. The molecule has 1 aliphatic rings. The van der Waals surface area contributed by atoms with Gasteiger partial charge in [0.15, 0.2) is 10.8 Å². The van der Waals surface area contributed by atoms with Crippen LogP contribution in [0.5, 0.6) is 0 Å². The standard InChI is InChI=1S/C18H20N4OS/c1-12-4-2-3-5-14(12)10-13-6-8-22(9-7-13)18-21-16-15(24-18)17(23)20-11-19-16/h2-5,11,13H,6-10H2,1H3,(H,19,20,23). The molecule has 24 heavy (non-hydrogen) atoms. The molecule has 0 unspecified atom stereocenters. The van der Waals surface area contributed by atoms with E-state index in [4.69, 9.17) is 0 Å². The van der Waals surface area contributed by atoms with Crippen molar-refractivity contribution in [3.63, 3.8) is 0 Å². The zero-order valence-electron chi connectivity index (χ0n) is 13.7. The summed E-state index contributed by atoms with van der Waals surface area (Å²) in [6.07, 6.45) is 4.90. The topological polar surface area (TPSA) is 61.9 Å². The van der Waals surface area contributed by atoms with Gasteiger partial charge in [-0.1, -0.05) is 35.6 Å². The molecule has 0 radical (unpaired) electrons. The number of nitrogens with one attached hydrogen (secondary N) is 1. The maximum Gasteiger partial charge on any atom is 0.270 e. The van der Waals surface area contributed by atoms with Crippen LogP contribution in [0.4, 0.5) is 5.13 Å². The van der Waals surface area contributed by atoms with Crippen LogP contribution in [0.15, 0.2) is 35.4 Å². The van der Waals surface area contributed by atoms with Gasteiger partial charge in [0.05, 0.1) is 6.33 Å². The van der Waals surface area contributed by atoms with Crippen molar-refractivity contribution in [3.8, 4) is 0 Å². The Bertz CT molecular complexity index is 909. The maximum absolute atomic E-state index is 11.8. The number of hydrogen-bond donors (Lipinski definition) is 1. The minimum Gasteiger partial charge on any atom is -0.348 e. The van der Waals surface area contributed by atoms with Crippen molar-refractivity contribution in [2.75, 3.05) is 18.0 Å². The Hall–Kier alpha value is -2.21. The number of aromatic amines is 1. The van der Waals surface area contributed by atoms with Gasteiger partial charge in [0.25, 0.3) is 5.56 Å². The predicted molar refractivity (Wildman–Crippen MR) is 97.9 cm³/mol. The number of nitrogens with zero attached hydrogens (tertiary/aromatic N) is 3. The van der Waals surface area contributed by atoms with Gasteiger partial charge >= 0.3 is 0 Å². The third kappa shape index (κ3) is 2.94. The number of aromatic nitrogens is 3. The molecule has 6 heteroatoms. The fourth-order valence-electron chi connectivity index (χ4n) is 3.37. The van der Waals surface area contributed by atoms with E-state index in [1.807, 2.05) is 0 Å². The van der Waals surface area contributed by atoms with Gasteiger partial charge in [0, 0.05) is 13.1 Å². The zero-order valence-corrected chi connectivity index (χ0v) is 14.5. The SMILES string of the molecule is Cc1ccccc1CC1CCN(c2nc3nc[nH]c(=O)c3s2)CC1. The highest BCUT2D eigenvalue weighted by atomic mass is 32.1. The summed E-state index contributed by atoms with van der Waals surface area (Å²) in [5, 5.41) is 0.920. The molecule has 1 fully saturated rings. The molecule has 1 aliphatic heterocycles. The summed E-state index contributed by atoms with van der Waals surface area (Å²) in [5.74, 6) is 0.721. The second kappa shape index (κ2) is 6.36. The van der Waals surface area contributed by atoms with E-state index < -0.39 is 0 Å². The van der Waals surface area contributed by atoms with Crippen molar-refractivity contribution in [1.82, 2.24) is 15.0 Å². The highest BCUT2D eigenvalue weighted by Gasteiger charge is 2.22. The average molecular weight is 340 g/mol. The zero-order chi connectivity index (χ0) is 16.5. The number of thiazole rings is 1. The van der Waals surface area contributed by atoms with Crippen molar-refractivity contribution in [2.45, 2.75) is 26.2 Å². The second-order valence-electron chi connectivity index (χ2n) is 6.44. The van der Waals surface area contributed by atoms with Crippen LogP contribution in [0, 0.1) is 12.8 Å². The van der Waals surface area contributed by atoms with E-state index in [-0.39, 0.29) is 5.56 Å². The Morgan fingerprint density at radius 3 is 2.83 bits per heavy atom. The molecule has 0 saturated carbocycles. The number of fused-ring (bicyclic) bond motifs is 1. The van der Waals surface area contributed by atoms with Crippen molar-refractivity contribution in [1.29, 1.82) is 0 Å². The van der Waals surface area contributed by atoms with Crippen LogP contribution in [0.2, 0.25) is 0 Å². The molecule has 124 valence electrons. The lowest BCUT2D eigenvalue weighted by atomic mass is 9.89. The maximum atomic E-state index is 11.8. The third-order valence-electron chi connectivity index (χ3n) is 4.84. The highest BCUT2D eigenvalue weighted by molar-refractivity contribution is 7.22. The molecule has 0 aliphatic carbocycles. The molecule has 3 heterocycles. The summed E-state index contributed by atoms with van der Waals surface area (Å²) in [6, 6.07) is 8.66. The van der Waals surface area contributed by atoms with Gasteiger partial charge in [0.1, 0.15) is 4.70 Å². The molecule has 0 atom stereocenters. The van der Waals surface area contributed by atoms with E-state index >= 15 is 0 Å². The number of anilines is 1. The molecule has 0 amide bonds. The molecule has 4 rings (SSSR count). The fourth-order valence-corrected chi connectivity index (χ4v) is 4.34. The normalized spacial score (nSPS) is 16.0. The smallest absolute Gasteiger partial charge is 0.270 e. The van der Waals surface area contributed by atoms with Crippen LogP contribution in [0.25, 0.3) is 10.3 Å². The van der Waals surface area contributed by atoms with Crippen LogP contribution in [-0.2, 0) is 6.42 Å². The van der Waals surface area contributed by atoms with E-state index in [9.17, 15) is 4.79 Å². The van der Waals surface area contributed by atoms with Crippen LogP contribution in [0.1, 0.15) is 24.0 Å². The quantitative estimate of drug-likeness (QED) is 0.796. The van der Waals surface area contributed by atoms with Gasteiger partial charge in [-0.05, 0) is 43.2 Å². The van der Waals surface area contributed by atoms with Gasteiger partial charge in [-0.25, -0.2) is 4.98 Å². The van der Waals surface area contributed by atoms with E-state index in [1.165, 1.54) is 28.8 Å². The molecule has 1 saturated heterocycles. The Balaban J connectivity index is 1.44. The van der Waals surface area contributed by atoms with Crippen molar-refractivity contribution in [3.05, 3.63) is 52.1 Å². The van der Waals surface area contributed by atoms with Crippen LogP contribution < -0.4 is 10.5 Å². The minimum atomic E-state index is -0.0989. The first kappa shape index (κ1) is 15.3. The van der Waals surface area contributed by atoms with Crippen LogP contribution >= 0.6 is 11.3 Å². The summed E-state index contributed by atoms with van der Waals surface area (Å²) in [6.45, 7) is 4.18. The molecule has 5 nitrogen and oxygen atoms in total. The molecule has 0 bridgehead atoms. The Labute approximate surface area is 144 Å². The van der Waals surface area contributed by atoms with Crippen molar-refractivity contribution in [2.24, 2.45) is 5.92 Å². The molecule has 2 aromatic heterocycles. The third-order valence-corrected chi connectivity index (χ3v) is 5.95. The minimum absolute atomic E-state index is 0.0989. The largest absolute Gasteiger partial charge is 0.348 e. The summed E-state index contributed by atoms with van der Waals surface area (Å²) in [5.41, 5.74) is 3.31. The van der Waals surface area contributed by atoms with Crippen LogP contribution in [-0.4, -0.2) is 28.0 Å². The molecule has 1 N–H and O–H groups in total. The average Bonchev–Trinajstić information content (AvgIpc) is 3.03. The lowest BCUT2D eigenvalue weighted by Crippen LogP contribution is -2.34. The molecule has 3 aromatic rings. The first-order chi connectivity index (χ1) is 11.7. The Morgan fingerprint density at radius 1 is 1.29 bits per heavy atom. The van der Waals surface area contributed by atoms with Crippen molar-refractivity contribution < 1.29 is 0 Å². The van der Waals surface area contributed by atoms with Gasteiger partial charge in [-0.15, -0.1) is 0 Å². The molecular weight excluding hydrogens is 320 g/mol. The summed E-state index contributed by atoms with van der Waals surface area (Å²) < 4.78 is 0.620. The summed E-state index contributed by atoms with van der Waals surface area (Å²) in [7, 11) is 0. The number of piperidine rings is 1. The fraction of sp³-hybridized carbons (Fsp3) is 0.389. The van der Waals surface area contributed by atoms with E-state index in [0.717, 1.165) is 43.4 Å². The van der Waals surface area contributed by atoms with Gasteiger partial charge in [-0.2, -0.15) is 4.98 Å². The first-order valence-electron chi connectivity index (χ1n) is 8.34. The number of aryl methyl sites for hydroxylation is 1. The lowest BCUT2D eigenvalue weighted by molar-refractivity contribution is 0.403. The Kier molecular flexibility index (Phi) is 4.06.